The second kappa shape index (κ2) is 13.7. The topological polar surface area (TPSA) is 42.9 Å². The van der Waals surface area contributed by atoms with Crippen LogP contribution in [-0.2, 0) is 11.0 Å². The van der Waals surface area contributed by atoms with Crippen LogP contribution in [0.2, 0.25) is 0 Å². The molecule has 2 aromatic carbocycles. The molecule has 7 heteroatoms. The maximum atomic E-state index is 13.9. The molecular weight excluding hydrogens is 477 g/mol. The van der Waals surface area contributed by atoms with Crippen LogP contribution in [-0.4, -0.2) is 12.3 Å². The number of alkyl halides is 3. The minimum absolute atomic E-state index is 0.0586. The van der Waals surface area contributed by atoms with Crippen molar-refractivity contribution in [1.82, 2.24) is 0 Å². The summed E-state index contributed by atoms with van der Waals surface area (Å²) in [7, 11) is 0. The number of allylic oxidation sites excluding steroid dienone is 3. The Morgan fingerprint density at radius 1 is 1.00 bits per heavy atom. The highest BCUT2D eigenvalue weighted by Gasteiger charge is 2.35. The van der Waals surface area contributed by atoms with E-state index in [0.29, 0.717) is 17.9 Å². The number of nitrogens with zero attached hydrogens (tertiary/aromatic N) is 1. The van der Waals surface area contributed by atoms with Crippen molar-refractivity contribution in [2.45, 2.75) is 67.5 Å². The van der Waals surface area contributed by atoms with Crippen LogP contribution in [0.1, 0.15) is 76.6 Å². The zero-order chi connectivity index (χ0) is 27.6. The van der Waals surface area contributed by atoms with E-state index in [4.69, 9.17) is 9.57 Å². The largest absolute Gasteiger partial charge is 0.489 e. The van der Waals surface area contributed by atoms with Crippen LogP contribution in [0.3, 0.4) is 0 Å². The van der Waals surface area contributed by atoms with Crippen molar-refractivity contribution < 1.29 is 22.7 Å². The lowest BCUT2D eigenvalue weighted by atomic mass is 10.0. The Morgan fingerprint density at radius 3 is 2.32 bits per heavy atom. The van der Waals surface area contributed by atoms with Crippen molar-refractivity contribution in [3.8, 4) is 5.75 Å². The van der Waals surface area contributed by atoms with Gasteiger partial charge in [-0.2, -0.15) is 13.2 Å². The first-order valence-electron chi connectivity index (χ1n) is 12.4. The number of benzene rings is 2. The number of aryl methyl sites for hydroxylation is 1. The summed E-state index contributed by atoms with van der Waals surface area (Å²) in [6.45, 7) is 13.4. The quantitative estimate of drug-likeness (QED) is 0.141. The van der Waals surface area contributed by atoms with E-state index in [1.165, 1.54) is 6.07 Å². The van der Waals surface area contributed by atoms with Crippen LogP contribution >= 0.6 is 0 Å². The van der Waals surface area contributed by atoms with Gasteiger partial charge in [-0.25, -0.2) is 0 Å². The van der Waals surface area contributed by atoms with E-state index in [9.17, 15) is 13.2 Å². The number of ether oxygens (including phenoxy) is 1. The standard InChI is InChI=1S/C30H37F3N2O2/c1-8-10-16-34-27-19-24(12-11-22(27)6)23(7)35-37-29(21(5)9-2)25-13-14-28(36-17-15-20(3)4)26(18-25)30(31,32)33/h10-16,18-19,34H,8-9,17H2,1-7H3/b16-10-,29-21?,35-23+. The Balaban J connectivity index is 2.41. The van der Waals surface area contributed by atoms with Crippen LogP contribution < -0.4 is 10.1 Å². The molecule has 0 saturated heterocycles. The second-order valence-electron chi connectivity index (χ2n) is 9.02. The van der Waals surface area contributed by atoms with Gasteiger partial charge < -0.3 is 14.9 Å². The number of oxime groups is 1. The summed E-state index contributed by atoms with van der Waals surface area (Å²) in [6, 6.07) is 9.85. The Labute approximate surface area is 218 Å². The lowest BCUT2D eigenvalue weighted by molar-refractivity contribution is -0.138. The Hall–Kier alpha value is -3.48. The number of nitrogens with one attached hydrogen (secondary N) is 1. The number of halogens is 3. The predicted octanol–water partition coefficient (Wildman–Crippen LogP) is 9.28. The lowest BCUT2D eigenvalue weighted by Gasteiger charge is -2.16. The molecule has 0 radical (unpaired) electrons. The fourth-order valence-corrected chi connectivity index (χ4v) is 3.29. The molecule has 0 bridgehead atoms. The van der Waals surface area contributed by atoms with Gasteiger partial charge in [0, 0.05) is 16.8 Å². The molecule has 4 nitrogen and oxygen atoms in total. The van der Waals surface area contributed by atoms with Crippen LogP contribution in [0.4, 0.5) is 18.9 Å². The molecule has 0 aliphatic rings. The monoisotopic (exact) mass is 514 g/mol. The van der Waals surface area contributed by atoms with E-state index in [0.717, 1.165) is 40.4 Å². The van der Waals surface area contributed by atoms with Gasteiger partial charge in [-0.15, -0.1) is 0 Å². The highest BCUT2D eigenvalue weighted by Crippen LogP contribution is 2.39. The van der Waals surface area contributed by atoms with Gasteiger partial charge in [0.1, 0.15) is 12.4 Å². The molecule has 0 aromatic heterocycles. The molecule has 2 aromatic rings. The molecule has 0 saturated carbocycles. The second-order valence-corrected chi connectivity index (χ2v) is 9.02. The normalized spacial score (nSPS) is 12.9. The summed E-state index contributed by atoms with van der Waals surface area (Å²) in [6.07, 6.45) is 2.57. The van der Waals surface area contributed by atoms with Crippen molar-refractivity contribution in [2.24, 2.45) is 5.16 Å². The molecule has 200 valence electrons. The van der Waals surface area contributed by atoms with E-state index in [1.807, 2.05) is 65.1 Å². The van der Waals surface area contributed by atoms with E-state index >= 15 is 0 Å². The maximum Gasteiger partial charge on any atom is 0.419 e. The zero-order valence-corrected chi connectivity index (χ0v) is 22.7. The fraction of sp³-hybridized carbons (Fsp3) is 0.367. The number of hydrogen-bond acceptors (Lipinski definition) is 4. The highest BCUT2D eigenvalue weighted by atomic mass is 19.4. The summed E-state index contributed by atoms with van der Waals surface area (Å²) in [5.41, 5.74) is 4.62. The smallest absolute Gasteiger partial charge is 0.419 e. The number of anilines is 1. The maximum absolute atomic E-state index is 13.9. The summed E-state index contributed by atoms with van der Waals surface area (Å²) in [5, 5.41) is 7.55. The van der Waals surface area contributed by atoms with Gasteiger partial charge in [0.15, 0.2) is 5.76 Å². The molecular formula is C30H37F3N2O2. The lowest BCUT2D eigenvalue weighted by Crippen LogP contribution is -2.10. The summed E-state index contributed by atoms with van der Waals surface area (Å²) >= 11 is 0. The summed E-state index contributed by atoms with van der Waals surface area (Å²) in [5.74, 6) is 0.0679. The first-order chi connectivity index (χ1) is 17.5. The van der Waals surface area contributed by atoms with Gasteiger partial charge >= 0.3 is 6.18 Å². The van der Waals surface area contributed by atoms with Crippen molar-refractivity contribution in [3.05, 3.63) is 88.2 Å². The SMILES string of the molecule is CC/C=C\Nc1cc(/C(C)=N/OC(=C(C)CC)c2ccc(OCC=C(C)C)c(C(F)(F)F)c2)ccc1C. The van der Waals surface area contributed by atoms with Crippen LogP contribution in [0.25, 0.3) is 5.76 Å². The van der Waals surface area contributed by atoms with E-state index in [2.05, 4.69) is 17.4 Å². The van der Waals surface area contributed by atoms with Gasteiger partial charge in [-0.3, -0.25) is 0 Å². The molecule has 0 amide bonds. The minimum atomic E-state index is -4.59. The highest BCUT2D eigenvalue weighted by molar-refractivity contribution is 5.99. The van der Waals surface area contributed by atoms with Crippen LogP contribution in [0, 0.1) is 6.92 Å². The fourth-order valence-electron chi connectivity index (χ4n) is 3.29. The molecule has 0 aliphatic carbocycles. The Bertz CT molecular complexity index is 1190. The molecule has 2 rings (SSSR count). The van der Waals surface area contributed by atoms with E-state index in [-0.39, 0.29) is 17.9 Å². The molecule has 0 aliphatic heterocycles. The van der Waals surface area contributed by atoms with Gasteiger partial charge in [0.25, 0.3) is 0 Å². The summed E-state index contributed by atoms with van der Waals surface area (Å²) in [4.78, 5) is 5.80. The van der Waals surface area contributed by atoms with E-state index in [1.54, 1.807) is 19.1 Å². The summed E-state index contributed by atoms with van der Waals surface area (Å²) < 4.78 is 47.1. The molecule has 0 fully saturated rings. The van der Waals surface area contributed by atoms with Gasteiger partial charge in [-0.1, -0.05) is 42.8 Å². The Morgan fingerprint density at radius 2 is 1.70 bits per heavy atom. The first kappa shape index (κ1) is 29.7. The average molecular weight is 515 g/mol. The van der Waals surface area contributed by atoms with Crippen molar-refractivity contribution >= 4 is 17.2 Å². The predicted molar refractivity (Wildman–Crippen MR) is 147 cm³/mol. The molecule has 37 heavy (non-hydrogen) atoms. The molecule has 0 unspecified atom stereocenters. The third-order valence-electron chi connectivity index (χ3n) is 5.72. The number of hydrogen-bond donors (Lipinski definition) is 1. The molecule has 0 heterocycles. The van der Waals surface area contributed by atoms with Crippen molar-refractivity contribution in [2.75, 3.05) is 11.9 Å². The third kappa shape index (κ3) is 8.85. The van der Waals surface area contributed by atoms with Crippen molar-refractivity contribution in [1.29, 1.82) is 0 Å². The zero-order valence-electron chi connectivity index (χ0n) is 22.7. The van der Waals surface area contributed by atoms with E-state index < -0.39 is 11.7 Å². The molecule has 0 spiro atoms. The molecule has 1 N–H and O–H groups in total. The average Bonchev–Trinajstić information content (AvgIpc) is 2.84. The molecule has 0 atom stereocenters. The minimum Gasteiger partial charge on any atom is -0.489 e. The van der Waals surface area contributed by atoms with Gasteiger partial charge in [0.2, 0.25) is 0 Å². The van der Waals surface area contributed by atoms with Crippen molar-refractivity contribution in [3.63, 3.8) is 0 Å². The third-order valence-corrected chi connectivity index (χ3v) is 5.72. The number of rotatable bonds is 11. The van der Waals surface area contributed by atoms with Gasteiger partial charge in [0.05, 0.1) is 11.3 Å². The first-order valence-corrected chi connectivity index (χ1v) is 12.4. The van der Waals surface area contributed by atoms with Gasteiger partial charge in [-0.05, 0) is 95.1 Å². The van der Waals surface area contributed by atoms with Crippen LogP contribution in [0.15, 0.2) is 71.1 Å². The van der Waals surface area contributed by atoms with Crippen LogP contribution in [0.5, 0.6) is 5.75 Å². The Kier molecular flexibility index (Phi) is 11.0.